The van der Waals surface area contributed by atoms with E-state index in [1.165, 1.54) is 12.8 Å². The Morgan fingerprint density at radius 3 is 2.61 bits per heavy atom. The molecule has 1 saturated carbocycles. The van der Waals surface area contributed by atoms with E-state index in [2.05, 4.69) is 5.16 Å². The highest BCUT2D eigenvalue weighted by Gasteiger charge is 2.19. The molecule has 0 amide bonds. The summed E-state index contributed by atoms with van der Waals surface area (Å²) in [6, 6.07) is 9.72. The van der Waals surface area contributed by atoms with Gasteiger partial charge in [-0.3, -0.25) is 0 Å². The molecular weight excluding hydrogens is 226 g/mol. The second-order valence-corrected chi connectivity index (χ2v) is 4.86. The molecule has 0 atom stereocenters. The Labute approximate surface area is 108 Å². The van der Waals surface area contributed by atoms with E-state index >= 15 is 0 Å². The fraction of sp³-hybridized carbons (Fsp3) is 0.467. The van der Waals surface area contributed by atoms with Crippen LogP contribution in [0.5, 0.6) is 0 Å². The summed E-state index contributed by atoms with van der Waals surface area (Å²) in [5.74, 6) is 0.293. The Morgan fingerprint density at radius 2 is 1.94 bits per heavy atom. The van der Waals surface area contributed by atoms with Gasteiger partial charge < -0.3 is 4.84 Å². The van der Waals surface area contributed by atoms with E-state index in [-0.39, 0.29) is 5.97 Å². The molecule has 0 aliphatic heterocycles. The Bertz CT molecular complexity index is 419. The lowest BCUT2D eigenvalue weighted by molar-refractivity contribution is -0.144. The Balaban J connectivity index is 1.84. The third kappa shape index (κ3) is 3.69. The molecule has 0 aromatic heterocycles. The maximum atomic E-state index is 11.6. The summed E-state index contributed by atoms with van der Waals surface area (Å²) < 4.78 is 0. The summed E-state index contributed by atoms with van der Waals surface area (Å²) in [4.78, 5) is 16.6. The van der Waals surface area contributed by atoms with Gasteiger partial charge in [0.1, 0.15) is 0 Å². The van der Waals surface area contributed by atoms with Crippen LogP contribution >= 0.6 is 0 Å². The number of carbonyl (C=O) groups excluding carboxylic acids is 1. The molecule has 0 heterocycles. The van der Waals surface area contributed by atoms with Crippen molar-refractivity contribution in [2.75, 3.05) is 0 Å². The highest BCUT2D eigenvalue weighted by molar-refractivity contribution is 5.98. The second-order valence-electron chi connectivity index (χ2n) is 4.86. The third-order valence-electron chi connectivity index (χ3n) is 3.41. The van der Waals surface area contributed by atoms with E-state index in [1.54, 1.807) is 0 Å². The molecule has 3 nitrogen and oxygen atoms in total. The van der Waals surface area contributed by atoms with Crippen LogP contribution in [0.3, 0.4) is 0 Å². The molecule has 3 heteroatoms. The SMILES string of the molecule is CC(=NOC(=O)CC1CCCC1)c1ccccc1. The third-order valence-corrected chi connectivity index (χ3v) is 3.41. The average molecular weight is 245 g/mol. The lowest BCUT2D eigenvalue weighted by atomic mass is 10.1. The van der Waals surface area contributed by atoms with Crippen LogP contribution in [0.2, 0.25) is 0 Å². The standard InChI is InChI=1S/C15H19NO2/c1-12(14-9-3-2-4-10-14)16-18-15(17)11-13-7-5-6-8-13/h2-4,9-10,13H,5-8,11H2,1H3. The minimum atomic E-state index is -0.211. The summed E-state index contributed by atoms with van der Waals surface area (Å²) in [5.41, 5.74) is 1.71. The zero-order chi connectivity index (χ0) is 12.8. The van der Waals surface area contributed by atoms with Crippen LogP contribution < -0.4 is 0 Å². The average Bonchev–Trinajstić information content (AvgIpc) is 2.90. The van der Waals surface area contributed by atoms with Gasteiger partial charge in [0.05, 0.1) is 12.1 Å². The van der Waals surface area contributed by atoms with Crippen molar-refractivity contribution < 1.29 is 9.63 Å². The Hall–Kier alpha value is -1.64. The first kappa shape index (κ1) is 12.8. The van der Waals surface area contributed by atoms with Gasteiger partial charge in [-0.1, -0.05) is 48.3 Å². The van der Waals surface area contributed by atoms with Gasteiger partial charge in [0.2, 0.25) is 0 Å². The molecule has 0 N–H and O–H groups in total. The molecule has 1 aromatic rings. The zero-order valence-corrected chi connectivity index (χ0v) is 10.8. The number of hydrogen-bond acceptors (Lipinski definition) is 3. The van der Waals surface area contributed by atoms with Crippen molar-refractivity contribution in [1.29, 1.82) is 0 Å². The molecule has 2 rings (SSSR count). The minimum Gasteiger partial charge on any atom is -0.318 e. The summed E-state index contributed by atoms with van der Waals surface area (Å²) in [7, 11) is 0. The molecule has 0 unspecified atom stereocenters. The highest BCUT2D eigenvalue weighted by atomic mass is 16.7. The second kappa shape index (κ2) is 6.34. The summed E-state index contributed by atoms with van der Waals surface area (Å²) in [6.07, 6.45) is 5.28. The molecule has 1 fully saturated rings. The first-order valence-electron chi connectivity index (χ1n) is 6.55. The largest absolute Gasteiger partial charge is 0.335 e. The van der Waals surface area contributed by atoms with Crippen LogP contribution in [0.4, 0.5) is 0 Å². The van der Waals surface area contributed by atoms with Gasteiger partial charge in [-0.05, 0) is 31.2 Å². The lowest BCUT2D eigenvalue weighted by Crippen LogP contribution is -2.08. The first-order valence-corrected chi connectivity index (χ1v) is 6.55. The normalized spacial score (nSPS) is 16.8. The molecular formula is C15H19NO2. The zero-order valence-electron chi connectivity index (χ0n) is 10.8. The quantitative estimate of drug-likeness (QED) is 0.462. The number of rotatable bonds is 4. The molecule has 0 spiro atoms. The number of carbonyl (C=O) groups is 1. The smallest absolute Gasteiger partial charge is 0.318 e. The van der Waals surface area contributed by atoms with E-state index in [0.717, 1.165) is 24.1 Å². The van der Waals surface area contributed by atoms with Gasteiger partial charge >= 0.3 is 5.97 Å². The summed E-state index contributed by atoms with van der Waals surface area (Å²) in [5, 5.41) is 3.90. The molecule has 1 aliphatic rings. The van der Waals surface area contributed by atoms with Crippen molar-refractivity contribution in [2.24, 2.45) is 11.1 Å². The monoisotopic (exact) mass is 245 g/mol. The lowest BCUT2D eigenvalue weighted by Gasteiger charge is -2.05. The van der Waals surface area contributed by atoms with Gasteiger partial charge in [0.25, 0.3) is 0 Å². The van der Waals surface area contributed by atoms with Gasteiger partial charge in [0.15, 0.2) is 0 Å². The van der Waals surface area contributed by atoms with E-state index < -0.39 is 0 Å². The van der Waals surface area contributed by atoms with Crippen LogP contribution in [0, 0.1) is 5.92 Å². The van der Waals surface area contributed by atoms with Crippen molar-refractivity contribution in [1.82, 2.24) is 0 Å². The number of oxime groups is 1. The van der Waals surface area contributed by atoms with Gasteiger partial charge in [-0.25, -0.2) is 4.79 Å². The van der Waals surface area contributed by atoms with Crippen molar-refractivity contribution in [3.63, 3.8) is 0 Å². The van der Waals surface area contributed by atoms with E-state index in [1.807, 2.05) is 37.3 Å². The molecule has 0 radical (unpaired) electrons. The van der Waals surface area contributed by atoms with Crippen molar-refractivity contribution in [2.45, 2.75) is 39.0 Å². The molecule has 96 valence electrons. The van der Waals surface area contributed by atoms with Crippen molar-refractivity contribution in [3.05, 3.63) is 35.9 Å². The molecule has 0 saturated heterocycles. The van der Waals surface area contributed by atoms with Gasteiger partial charge in [0, 0.05) is 0 Å². The Morgan fingerprint density at radius 1 is 1.28 bits per heavy atom. The first-order chi connectivity index (χ1) is 8.75. The maximum absolute atomic E-state index is 11.6. The highest BCUT2D eigenvalue weighted by Crippen LogP contribution is 2.27. The number of benzene rings is 1. The van der Waals surface area contributed by atoms with Crippen LogP contribution in [0.1, 0.15) is 44.6 Å². The topological polar surface area (TPSA) is 38.7 Å². The van der Waals surface area contributed by atoms with Crippen molar-refractivity contribution >= 4 is 11.7 Å². The van der Waals surface area contributed by atoms with E-state index in [9.17, 15) is 4.79 Å². The van der Waals surface area contributed by atoms with Gasteiger partial charge in [-0.2, -0.15) is 0 Å². The van der Waals surface area contributed by atoms with Crippen molar-refractivity contribution in [3.8, 4) is 0 Å². The van der Waals surface area contributed by atoms with E-state index in [4.69, 9.17) is 4.84 Å². The van der Waals surface area contributed by atoms with Crippen LogP contribution in [-0.2, 0) is 9.63 Å². The number of nitrogens with zero attached hydrogens (tertiary/aromatic N) is 1. The summed E-state index contributed by atoms with van der Waals surface area (Å²) in [6.45, 7) is 1.85. The fourth-order valence-electron chi connectivity index (χ4n) is 2.34. The predicted octanol–water partition coefficient (Wildman–Crippen LogP) is 3.53. The van der Waals surface area contributed by atoms with Gasteiger partial charge in [-0.15, -0.1) is 0 Å². The molecule has 1 aromatic carbocycles. The Kier molecular flexibility index (Phi) is 4.51. The molecule has 0 bridgehead atoms. The molecule has 1 aliphatic carbocycles. The summed E-state index contributed by atoms with van der Waals surface area (Å²) >= 11 is 0. The van der Waals surface area contributed by atoms with Crippen LogP contribution in [0.25, 0.3) is 0 Å². The minimum absolute atomic E-state index is 0.211. The van der Waals surface area contributed by atoms with Crippen LogP contribution in [0.15, 0.2) is 35.5 Å². The van der Waals surface area contributed by atoms with E-state index in [0.29, 0.717) is 12.3 Å². The van der Waals surface area contributed by atoms with Crippen LogP contribution in [-0.4, -0.2) is 11.7 Å². The predicted molar refractivity (Wildman–Crippen MR) is 71.3 cm³/mol. The fourth-order valence-corrected chi connectivity index (χ4v) is 2.34. The number of hydrogen-bond donors (Lipinski definition) is 0. The molecule has 18 heavy (non-hydrogen) atoms. The maximum Gasteiger partial charge on any atom is 0.335 e.